The van der Waals surface area contributed by atoms with Crippen LogP contribution in [0.2, 0.25) is 0 Å². The largest absolute Gasteiger partial charge is 0.378 e. The first-order valence-corrected chi connectivity index (χ1v) is 5.16. The molecule has 2 heteroatoms. The van der Waals surface area contributed by atoms with Gasteiger partial charge in [0.2, 0.25) is 0 Å². The van der Waals surface area contributed by atoms with Crippen LogP contribution in [0.15, 0.2) is 0 Å². The zero-order valence-corrected chi connectivity index (χ0v) is 8.88. The Morgan fingerprint density at radius 3 is 2.69 bits per heavy atom. The highest BCUT2D eigenvalue weighted by Crippen LogP contribution is 2.40. The van der Waals surface area contributed by atoms with Crippen LogP contribution in [0.1, 0.15) is 40.0 Å². The molecule has 0 aromatic carbocycles. The highest BCUT2D eigenvalue weighted by Gasteiger charge is 2.37. The van der Waals surface area contributed by atoms with E-state index >= 15 is 0 Å². The van der Waals surface area contributed by atoms with Crippen molar-refractivity contribution in [2.45, 2.75) is 46.1 Å². The molecule has 0 N–H and O–H groups in total. The van der Waals surface area contributed by atoms with E-state index in [2.05, 4.69) is 6.92 Å². The Morgan fingerprint density at radius 1 is 1.62 bits per heavy atom. The van der Waals surface area contributed by atoms with Crippen molar-refractivity contribution in [3.05, 3.63) is 0 Å². The Hall–Kier alpha value is -0.370. The van der Waals surface area contributed by atoms with Crippen LogP contribution in [0, 0.1) is 11.3 Å². The second-order valence-corrected chi connectivity index (χ2v) is 4.69. The summed E-state index contributed by atoms with van der Waals surface area (Å²) in [6.45, 7) is 6.84. The summed E-state index contributed by atoms with van der Waals surface area (Å²) in [6, 6.07) is 0. The first kappa shape index (κ1) is 10.7. The molecule has 1 aliphatic rings. The summed E-state index contributed by atoms with van der Waals surface area (Å²) in [5.74, 6) is 0.681. The van der Waals surface area contributed by atoms with Crippen LogP contribution in [-0.4, -0.2) is 19.0 Å². The lowest BCUT2D eigenvalue weighted by Gasteiger charge is -2.23. The fourth-order valence-electron chi connectivity index (χ4n) is 2.04. The molecule has 1 fully saturated rings. The smallest absolute Gasteiger partial charge is 0.128 e. The molecule has 0 aromatic rings. The summed E-state index contributed by atoms with van der Waals surface area (Å²) in [6.07, 6.45) is 4.51. The van der Waals surface area contributed by atoms with E-state index in [-0.39, 0.29) is 11.5 Å². The minimum Gasteiger partial charge on any atom is -0.378 e. The molecule has 1 saturated carbocycles. The summed E-state index contributed by atoms with van der Waals surface area (Å²) in [4.78, 5) is 11.0. The van der Waals surface area contributed by atoms with Crippen LogP contribution >= 0.6 is 0 Å². The molecule has 0 aliphatic heterocycles. The molecule has 0 spiro atoms. The van der Waals surface area contributed by atoms with Crippen LogP contribution in [0.3, 0.4) is 0 Å². The third kappa shape index (κ3) is 2.80. The number of aldehydes is 1. The van der Waals surface area contributed by atoms with Gasteiger partial charge in [-0.25, -0.2) is 0 Å². The predicted octanol–water partition coefficient (Wildman–Crippen LogP) is 2.42. The summed E-state index contributed by atoms with van der Waals surface area (Å²) in [7, 11) is 0. The molecule has 1 aliphatic carbocycles. The van der Waals surface area contributed by atoms with Crippen molar-refractivity contribution in [1.82, 2.24) is 0 Å². The molecule has 0 aromatic heterocycles. The van der Waals surface area contributed by atoms with Gasteiger partial charge in [0.25, 0.3) is 0 Å². The minimum absolute atomic E-state index is 0.163. The van der Waals surface area contributed by atoms with Crippen LogP contribution < -0.4 is 0 Å². The maximum Gasteiger partial charge on any atom is 0.128 e. The first-order chi connectivity index (χ1) is 6.08. The van der Waals surface area contributed by atoms with Gasteiger partial charge in [-0.15, -0.1) is 0 Å². The molecule has 0 amide bonds. The maximum absolute atomic E-state index is 11.0. The summed E-state index contributed by atoms with van der Waals surface area (Å²) < 4.78 is 5.54. The molecule has 2 nitrogen and oxygen atoms in total. The van der Waals surface area contributed by atoms with Gasteiger partial charge in [0.1, 0.15) is 6.29 Å². The van der Waals surface area contributed by atoms with Gasteiger partial charge < -0.3 is 9.53 Å². The van der Waals surface area contributed by atoms with E-state index in [1.807, 2.05) is 13.8 Å². The average Bonchev–Trinajstić information content (AvgIpc) is 2.45. The Bertz CT molecular complexity index is 177. The molecule has 0 heterocycles. The molecule has 1 rings (SSSR count). The number of hydrogen-bond acceptors (Lipinski definition) is 2. The van der Waals surface area contributed by atoms with Gasteiger partial charge in [-0.3, -0.25) is 0 Å². The van der Waals surface area contributed by atoms with E-state index in [4.69, 9.17) is 4.74 Å². The highest BCUT2D eigenvalue weighted by atomic mass is 16.5. The predicted molar refractivity (Wildman–Crippen MR) is 52.6 cm³/mol. The van der Waals surface area contributed by atoms with E-state index in [0.717, 1.165) is 19.1 Å². The number of ether oxygens (including phenoxy) is 1. The van der Waals surface area contributed by atoms with E-state index in [0.29, 0.717) is 12.5 Å². The van der Waals surface area contributed by atoms with Gasteiger partial charge in [-0.2, -0.15) is 0 Å². The van der Waals surface area contributed by atoms with Crippen molar-refractivity contribution in [3.63, 3.8) is 0 Å². The lowest BCUT2D eigenvalue weighted by molar-refractivity contribution is -0.120. The van der Waals surface area contributed by atoms with Crippen LogP contribution in [0.4, 0.5) is 0 Å². The second kappa shape index (κ2) is 4.23. The zero-order chi connectivity index (χ0) is 9.90. The lowest BCUT2D eigenvalue weighted by atomic mass is 9.88. The molecule has 0 bridgehead atoms. The molecule has 13 heavy (non-hydrogen) atoms. The fraction of sp³-hybridized carbons (Fsp3) is 0.909. The number of hydrogen-bond donors (Lipinski definition) is 0. The molecular formula is C11H20O2. The van der Waals surface area contributed by atoms with Gasteiger partial charge in [-0.1, -0.05) is 6.92 Å². The Kier molecular flexibility index (Phi) is 3.48. The van der Waals surface area contributed by atoms with Gasteiger partial charge in [-0.05, 0) is 39.0 Å². The monoisotopic (exact) mass is 184 g/mol. The van der Waals surface area contributed by atoms with E-state index < -0.39 is 0 Å². The summed E-state index contributed by atoms with van der Waals surface area (Å²) in [5.41, 5.74) is -0.163. The topological polar surface area (TPSA) is 26.3 Å². The van der Waals surface area contributed by atoms with Crippen molar-refractivity contribution in [2.24, 2.45) is 11.3 Å². The third-order valence-electron chi connectivity index (χ3n) is 2.84. The SMILES string of the molecule is CC1CCC(C=O)(COC(C)C)C1. The molecular weight excluding hydrogens is 164 g/mol. The highest BCUT2D eigenvalue weighted by molar-refractivity contribution is 5.60. The zero-order valence-electron chi connectivity index (χ0n) is 8.88. The van der Waals surface area contributed by atoms with Gasteiger partial charge in [0.05, 0.1) is 12.7 Å². The summed E-state index contributed by atoms with van der Waals surface area (Å²) >= 11 is 0. The molecule has 0 saturated heterocycles. The van der Waals surface area contributed by atoms with E-state index in [1.54, 1.807) is 0 Å². The molecule has 76 valence electrons. The van der Waals surface area contributed by atoms with Crippen molar-refractivity contribution in [2.75, 3.05) is 6.61 Å². The van der Waals surface area contributed by atoms with Crippen molar-refractivity contribution in [3.8, 4) is 0 Å². The van der Waals surface area contributed by atoms with Gasteiger partial charge >= 0.3 is 0 Å². The van der Waals surface area contributed by atoms with Crippen molar-refractivity contribution >= 4 is 6.29 Å². The van der Waals surface area contributed by atoms with Crippen LogP contribution in [-0.2, 0) is 9.53 Å². The van der Waals surface area contributed by atoms with Crippen molar-refractivity contribution in [1.29, 1.82) is 0 Å². The third-order valence-corrected chi connectivity index (χ3v) is 2.84. The number of carbonyl (C=O) groups is 1. The van der Waals surface area contributed by atoms with Crippen molar-refractivity contribution < 1.29 is 9.53 Å². The fourth-order valence-corrected chi connectivity index (χ4v) is 2.04. The van der Waals surface area contributed by atoms with Gasteiger partial charge in [0.15, 0.2) is 0 Å². The lowest BCUT2D eigenvalue weighted by Crippen LogP contribution is -2.27. The van der Waals surface area contributed by atoms with E-state index in [9.17, 15) is 4.79 Å². The van der Waals surface area contributed by atoms with Crippen LogP contribution in [0.25, 0.3) is 0 Å². The van der Waals surface area contributed by atoms with E-state index in [1.165, 1.54) is 6.42 Å². The molecule has 2 unspecified atom stereocenters. The normalized spacial score (nSPS) is 34.0. The molecule has 0 radical (unpaired) electrons. The minimum atomic E-state index is -0.163. The average molecular weight is 184 g/mol. The number of rotatable bonds is 4. The maximum atomic E-state index is 11.0. The van der Waals surface area contributed by atoms with Gasteiger partial charge in [0, 0.05) is 5.41 Å². The summed E-state index contributed by atoms with van der Waals surface area (Å²) in [5, 5.41) is 0. The van der Waals surface area contributed by atoms with Crippen LogP contribution in [0.5, 0.6) is 0 Å². The Morgan fingerprint density at radius 2 is 2.31 bits per heavy atom. The standard InChI is InChI=1S/C11H20O2/c1-9(2)13-8-11(7-12)5-4-10(3)6-11/h7,9-10H,4-6,8H2,1-3H3. The number of carbonyl (C=O) groups excluding carboxylic acids is 1. The molecule has 2 atom stereocenters. The Labute approximate surface area is 80.7 Å². The second-order valence-electron chi connectivity index (χ2n) is 4.69. The quantitative estimate of drug-likeness (QED) is 0.627. The Balaban J connectivity index is 2.46. The first-order valence-electron chi connectivity index (χ1n) is 5.16.